The van der Waals surface area contributed by atoms with Gasteiger partial charge < -0.3 is 9.55 Å². The van der Waals surface area contributed by atoms with Gasteiger partial charge in [-0.05, 0) is 36.7 Å². The van der Waals surface area contributed by atoms with Crippen LogP contribution in [0.5, 0.6) is 5.75 Å². The number of nitrogens with zero attached hydrogens (tertiary/aromatic N) is 2. The molecule has 1 aromatic carbocycles. The van der Waals surface area contributed by atoms with Crippen LogP contribution in [0.2, 0.25) is 0 Å². The Kier molecular flexibility index (Phi) is 4.67. The minimum Gasteiger partial charge on any atom is -0.496 e. The third-order valence-electron chi connectivity index (χ3n) is 3.73. The maximum Gasteiger partial charge on any atom is 0.185 e. The van der Waals surface area contributed by atoms with Crippen LogP contribution in [0.1, 0.15) is 18.1 Å². The number of methoxy groups -OCH3 is 1. The van der Waals surface area contributed by atoms with Crippen LogP contribution in [0.3, 0.4) is 0 Å². The third-order valence-corrected chi connectivity index (χ3v) is 3.73. The van der Waals surface area contributed by atoms with Gasteiger partial charge >= 0.3 is 0 Å². The zero-order valence-electron chi connectivity index (χ0n) is 11.8. The maximum atomic E-state index is 5.37. The Bertz CT molecular complexity index is 389. The summed E-state index contributed by atoms with van der Waals surface area (Å²) in [4.78, 5) is 4.92. The molecule has 1 saturated heterocycles. The van der Waals surface area contributed by atoms with Gasteiger partial charge in [-0.3, -0.25) is 4.90 Å². The van der Waals surface area contributed by atoms with E-state index in [2.05, 4.69) is 42.8 Å². The smallest absolute Gasteiger partial charge is 0.185 e. The molecule has 0 aromatic heterocycles. The zero-order valence-corrected chi connectivity index (χ0v) is 11.8. The van der Waals surface area contributed by atoms with Gasteiger partial charge in [0.15, 0.2) is 7.98 Å². The van der Waals surface area contributed by atoms with Gasteiger partial charge in [0, 0.05) is 19.6 Å². The topological polar surface area (TPSA) is 15.7 Å². The molecule has 1 aromatic rings. The lowest BCUT2D eigenvalue weighted by Gasteiger charge is -2.32. The van der Waals surface area contributed by atoms with Crippen LogP contribution in [0.25, 0.3) is 0 Å². The van der Waals surface area contributed by atoms with E-state index in [1.54, 1.807) is 7.11 Å². The molecule has 2 rings (SSSR count). The molecule has 0 amide bonds. The number of piperazine rings is 1. The van der Waals surface area contributed by atoms with Crippen LogP contribution in [0.15, 0.2) is 18.2 Å². The van der Waals surface area contributed by atoms with Gasteiger partial charge in [0.1, 0.15) is 5.75 Å². The predicted molar refractivity (Wildman–Crippen MR) is 77.8 cm³/mol. The van der Waals surface area contributed by atoms with Gasteiger partial charge in [-0.2, -0.15) is 0 Å². The molecule has 0 atom stereocenters. The second kappa shape index (κ2) is 6.25. The lowest BCUT2D eigenvalue weighted by atomic mass is 10.1. The second-order valence-electron chi connectivity index (χ2n) is 5.08. The molecule has 1 aliphatic heterocycles. The minimum atomic E-state index is 1.01. The van der Waals surface area contributed by atoms with Crippen molar-refractivity contribution < 1.29 is 4.74 Å². The molecule has 1 heterocycles. The Balaban J connectivity index is 2.01. The SMILES string of the molecule is BN1CCN(Cc2ccc(OC)c(CC)c2)CC1. The highest BCUT2D eigenvalue weighted by atomic mass is 16.5. The van der Waals surface area contributed by atoms with Gasteiger partial charge in [-0.1, -0.05) is 19.1 Å². The summed E-state index contributed by atoms with van der Waals surface area (Å²) < 4.78 is 5.37. The number of rotatable bonds is 4. The second-order valence-corrected chi connectivity index (χ2v) is 5.08. The van der Waals surface area contributed by atoms with Crippen molar-refractivity contribution in [3.05, 3.63) is 29.3 Å². The molecule has 0 radical (unpaired) electrons. The van der Waals surface area contributed by atoms with E-state index >= 15 is 0 Å². The third kappa shape index (κ3) is 3.27. The molecule has 3 nitrogen and oxygen atoms in total. The van der Waals surface area contributed by atoms with Crippen LogP contribution >= 0.6 is 0 Å². The summed E-state index contributed by atoms with van der Waals surface area (Å²) in [6.07, 6.45) is 1.03. The Labute approximate surface area is 111 Å². The first-order valence-corrected chi connectivity index (χ1v) is 6.79. The van der Waals surface area contributed by atoms with Crippen LogP contribution in [-0.4, -0.2) is 51.0 Å². The molecule has 0 spiro atoms. The van der Waals surface area contributed by atoms with Crippen molar-refractivity contribution in [1.82, 2.24) is 9.71 Å². The number of aryl methyl sites for hydroxylation is 1. The van der Waals surface area contributed by atoms with E-state index in [4.69, 9.17) is 4.74 Å². The zero-order chi connectivity index (χ0) is 13.0. The highest BCUT2D eigenvalue weighted by molar-refractivity contribution is 6.04. The van der Waals surface area contributed by atoms with Crippen molar-refractivity contribution in [2.75, 3.05) is 33.3 Å². The molecule has 1 fully saturated rings. The Morgan fingerprint density at radius 3 is 2.56 bits per heavy atom. The molecular formula is C14H23BN2O. The van der Waals surface area contributed by atoms with Crippen molar-refractivity contribution in [3.8, 4) is 5.75 Å². The molecule has 4 heteroatoms. The molecular weight excluding hydrogens is 223 g/mol. The van der Waals surface area contributed by atoms with Crippen LogP contribution in [0, 0.1) is 0 Å². The molecule has 18 heavy (non-hydrogen) atoms. The molecule has 0 bridgehead atoms. The minimum absolute atomic E-state index is 1.01. The first kappa shape index (κ1) is 13.4. The summed E-state index contributed by atoms with van der Waals surface area (Å²) in [7, 11) is 3.94. The molecule has 0 N–H and O–H groups in total. The molecule has 1 aliphatic rings. The predicted octanol–water partition coefficient (Wildman–Crippen LogP) is 0.923. The van der Waals surface area contributed by atoms with Crippen molar-refractivity contribution in [2.45, 2.75) is 19.9 Å². The van der Waals surface area contributed by atoms with Gasteiger partial charge in [-0.15, -0.1) is 0 Å². The quantitative estimate of drug-likeness (QED) is 0.735. The van der Waals surface area contributed by atoms with E-state index in [0.717, 1.165) is 18.7 Å². The molecule has 0 saturated carbocycles. The van der Waals surface area contributed by atoms with E-state index in [-0.39, 0.29) is 0 Å². The Hall–Kier alpha value is -0.995. The van der Waals surface area contributed by atoms with Crippen LogP contribution in [-0.2, 0) is 13.0 Å². The van der Waals surface area contributed by atoms with E-state index < -0.39 is 0 Å². The fourth-order valence-electron chi connectivity index (χ4n) is 2.47. The average Bonchev–Trinajstić information content (AvgIpc) is 2.41. The summed E-state index contributed by atoms with van der Waals surface area (Å²) in [5, 5.41) is 0. The van der Waals surface area contributed by atoms with Gasteiger partial charge in [0.2, 0.25) is 0 Å². The lowest BCUT2D eigenvalue weighted by molar-refractivity contribution is 0.184. The number of benzene rings is 1. The van der Waals surface area contributed by atoms with E-state index in [9.17, 15) is 0 Å². The van der Waals surface area contributed by atoms with Crippen LogP contribution < -0.4 is 4.74 Å². The fourth-order valence-corrected chi connectivity index (χ4v) is 2.47. The largest absolute Gasteiger partial charge is 0.496 e. The van der Waals surface area contributed by atoms with E-state index in [1.165, 1.54) is 37.3 Å². The molecule has 0 unspecified atom stereocenters. The molecule has 0 aliphatic carbocycles. The van der Waals surface area contributed by atoms with Crippen molar-refractivity contribution in [2.24, 2.45) is 0 Å². The lowest BCUT2D eigenvalue weighted by Crippen LogP contribution is -2.44. The Morgan fingerprint density at radius 2 is 1.94 bits per heavy atom. The number of hydrogen-bond donors (Lipinski definition) is 0. The summed E-state index contributed by atoms with van der Waals surface area (Å²) in [5.74, 6) is 1.01. The van der Waals surface area contributed by atoms with Gasteiger partial charge in [0.05, 0.1) is 7.11 Å². The van der Waals surface area contributed by atoms with Crippen molar-refractivity contribution in [1.29, 1.82) is 0 Å². The number of hydrogen-bond acceptors (Lipinski definition) is 3. The first-order chi connectivity index (χ1) is 8.72. The van der Waals surface area contributed by atoms with Crippen molar-refractivity contribution in [3.63, 3.8) is 0 Å². The van der Waals surface area contributed by atoms with Gasteiger partial charge in [0.25, 0.3) is 0 Å². The first-order valence-electron chi connectivity index (χ1n) is 6.79. The normalized spacial score (nSPS) is 17.9. The highest BCUT2D eigenvalue weighted by Crippen LogP contribution is 2.21. The number of ether oxygens (including phenoxy) is 1. The van der Waals surface area contributed by atoms with E-state index in [1.807, 2.05) is 0 Å². The summed E-state index contributed by atoms with van der Waals surface area (Å²) >= 11 is 0. The summed E-state index contributed by atoms with van der Waals surface area (Å²) in [6.45, 7) is 7.93. The Morgan fingerprint density at radius 1 is 1.22 bits per heavy atom. The average molecular weight is 246 g/mol. The summed E-state index contributed by atoms with van der Waals surface area (Å²) in [5.41, 5.74) is 2.71. The maximum absolute atomic E-state index is 5.37. The van der Waals surface area contributed by atoms with E-state index in [0.29, 0.717) is 0 Å². The standard InChI is InChI=1S/C14H23BN2O/c1-3-13-10-12(4-5-14(13)18-2)11-16-6-8-17(15)9-7-16/h4-5,10H,3,6-9,11,15H2,1-2H3. The fraction of sp³-hybridized carbons (Fsp3) is 0.571. The van der Waals surface area contributed by atoms with Gasteiger partial charge in [-0.25, -0.2) is 0 Å². The molecule has 98 valence electrons. The van der Waals surface area contributed by atoms with Crippen molar-refractivity contribution >= 4 is 7.98 Å². The highest BCUT2D eigenvalue weighted by Gasteiger charge is 2.14. The van der Waals surface area contributed by atoms with Crippen LogP contribution in [0.4, 0.5) is 0 Å². The monoisotopic (exact) mass is 246 g/mol. The summed E-state index contributed by atoms with van der Waals surface area (Å²) in [6, 6.07) is 6.58.